The number of carbonyl (C=O) groups excluding carboxylic acids is 4. The Bertz CT molecular complexity index is 1920. The quantitative estimate of drug-likeness (QED) is 0.0169. The first-order valence-electron chi connectivity index (χ1n) is 39.6. The molecule has 0 fully saturated rings. The molecule has 0 aliphatic carbocycles. The summed E-state index contributed by atoms with van der Waals surface area (Å²) in [7, 11) is -9.92. The standard InChI is InChI=1S/C77H146O17P2/c1-5-9-13-17-21-25-29-33-35-39-42-46-50-54-58-62-75(80)88-68-72(93-76(81)63-59-55-51-47-43-38-32-28-24-20-16-12-8-4)69-91-95(83,84)89-65-71(78)66-90-96(85,86)92-70-73(67-87-74(79)61-57-53-49-45-41-37-31-27-23-19-15-11-7-3)94-77(82)64-60-56-52-48-44-40-36-34-30-26-22-18-14-10-6-2/h22,26,34,36,71-73,78H,5-21,23-25,27-33,35,37-70H2,1-4H3,(H,83,84)(H,85,86)/b26-22-,36-34-/t71-,72-,73-/m1/s1. The average molecular weight is 1410 g/mol. The molecule has 0 aromatic heterocycles. The van der Waals surface area contributed by atoms with Gasteiger partial charge in [-0.1, -0.05) is 328 Å². The maximum atomic E-state index is 13.1. The van der Waals surface area contributed by atoms with Crippen LogP contribution in [0.5, 0.6) is 0 Å². The van der Waals surface area contributed by atoms with E-state index in [1.807, 2.05) is 0 Å². The Kier molecular flexibility index (Phi) is 69.1. The number of aliphatic hydroxyl groups is 1. The van der Waals surface area contributed by atoms with Crippen LogP contribution in [0.3, 0.4) is 0 Å². The molecule has 0 heterocycles. The number of rotatable bonds is 76. The van der Waals surface area contributed by atoms with Gasteiger partial charge in [0.05, 0.1) is 26.4 Å². The molecule has 96 heavy (non-hydrogen) atoms. The van der Waals surface area contributed by atoms with Gasteiger partial charge in [0.2, 0.25) is 0 Å². The van der Waals surface area contributed by atoms with Crippen molar-refractivity contribution in [2.75, 3.05) is 39.6 Å². The van der Waals surface area contributed by atoms with Crippen molar-refractivity contribution in [3.8, 4) is 0 Å². The summed E-state index contributed by atoms with van der Waals surface area (Å²) in [6.45, 7) is 4.94. The predicted octanol–water partition coefficient (Wildman–Crippen LogP) is 22.6. The second-order valence-corrected chi connectivity index (χ2v) is 29.9. The predicted molar refractivity (Wildman–Crippen MR) is 391 cm³/mol. The van der Waals surface area contributed by atoms with Crippen LogP contribution in [0.15, 0.2) is 24.3 Å². The summed E-state index contributed by atoms with van der Waals surface area (Å²) in [6.07, 6.45) is 64.4. The van der Waals surface area contributed by atoms with Gasteiger partial charge < -0.3 is 33.8 Å². The van der Waals surface area contributed by atoms with E-state index in [0.717, 1.165) is 109 Å². The number of unbranched alkanes of at least 4 members (excludes halogenated alkanes) is 46. The molecule has 3 N–H and O–H groups in total. The Morgan fingerprint density at radius 1 is 0.292 bits per heavy atom. The second-order valence-electron chi connectivity index (χ2n) is 27.0. The van der Waals surface area contributed by atoms with Crippen molar-refractivity contribution in [3.05, 3.63) is 24.3 Å². The molecule has 5 atom stereocenters. The van der Waals surface area contributed by atoms with E-state index in [1.54, 1.807) is 0 Å². The molecule has 0 spiro atoms. The number of phosphoric acid groups is 2. The van der Waals surface area contributed by atoms with Crippen LogP contribution in [0.4, 0.5) is 0 Å². The van der Waals surface area contributed by atoms with Gasteiger partial charge in [0.25, 0.3) is 0 Å². The van der Waals surface area contributed by atoms with E-state index >= 15 is 0 Å². The number of phosphoric ester groups is 2. The van der Waals surface area contributed by atoms with Crippen LogP contribution in [-0.4, -0.2) is 96.7 Å². The minimum Gasteiger partial charge on any atom is -0.462 e. The first-order chi connectivity index (χ1) is 46.7. The lowest BCUT2D eigenvalue weighted by molar-refractivity contribution is -0.161. The zero-order valence-corrected chi connectivity index (χ0v) is 63.6. The highest BCUT2D eigenvalue weighted by atomic mass is 31.2. The average Bonchev–Trinajstić information content (AvgIpc) is 1.29. The van der Waals surface area contributed by atoms with Gasteiger partial charge in [-0.3, -0.25) is 37.3 Å². The fraction of sp³-hybridized carbons (Fsp3) is 0.896. The van der Waals surface area contributed by atoms with Crippen LogP contribution >= 0.6 is 15.6 Å². The number of allylic oxidation sites excluding steroid dienone is 4. The molecule has 19 heteroatoms. The summed E-state index contributed by atoms with van der Waals surface area (Å²) < 4.78 is 68.6. The van der Waals surface area contributed by atoms with Crippen LogP contribution in [-0.2, 0) is 65.4 Å². The SMILES string of the molecule is CCCCC/C=C\C/C=C\CCCCCCCC(=O)O[C@H](COC(=O)CCCCCCCCCCCCCCC)COP(=O)(O)OC[C@H](O)COP(=O)(O)OC[C@@H](COC(=O)CCCCCCCCCCCCCCCCC)OC(=O)CCCCCCCCCCCCCCC. The van der Waals surface area contributed by atoms with Gasteiger partial charge in [-0.15, -0.1) is 0 Å². The fourth-order valence-corrected chi connectivity index (χ4v) is 13.0. The lowest BCUT2D eigenvalue weighted by Gasteiger charge is -2.21. The zero-order chi connectivity index (χ0) is 70.4. The molecule has 0 aliphatic heterocycles. The number of esters is 4. The third kappa shape index (κ3) is 70.0. The lowest BCUT2D eigenvalue weighted by atomic mass is 10.0. The van der Waals surface area contributed by atoms with Crippen LogP contribution < -0.4 is 0 Å². The summed E-state index contributed by atoms with van der Waals surface area (Å²) in [4.78, 5) is 72.9. The van der Waals surface area contributed by atoms with Gasteiger partial charge in [-0.25, -0.2) is 9.13 Å². The molecule has 0 amide bonds. The first kappa shape index (κ1) is 93.5. The maximum Gasteiger partial charge on any atom is 0.472 e. The third-order valence-corrected chi connectivity index (χ3v) is 19.4. The number of hydrogen-bond acceptors (Lipinski definition) is 15. The zero-order valence-electron chi connectivity index (χ0n) is 61.8. The summed E-state index contributed by atoms with van der Waals surface area (Å²) in [5.41, 5.74) is 0. The van der Waals surface area contributed by atoms with Gasteiger partial charge >= 0.3 is 39.5 Å². The minimum atomic E-state index is -4.96. The van der Waals surface area contributed by atoms with E-state index < -0.39 is 97.5 Å². The Morgan fingerprint density at radius 3 is 0.792 bits per heavy atom. The summed E-state index contributed by atoms with van der Waals surface area (Å²) in [5.74, 6) is -2.14. The van der Waals surface area contributed by atoms with Crippen molar-refractivity contribution in [2.45, 2.75) is 406 Å². The molecule has 0 saturated carbocycles. The van der Waals surface area contributed by atoms with Crippen LogP contribution in [0.1, 0.15) is 387 Å². The molecule has 0 aromatic rings. The minimum absolute atomic E-state index is 0.0875. The van der Waals surface area contributed by atoms with Gasteiger partial charge in [0.15, 0.2) is 12.2 Å². The van der Waals surface area contributed by atoms with E-state index in [1.165, 1.54) is 199 Å². The van der Waals surface area contributed by atoms with E-state index in [-0.39, 0.29) is 25.7 Å². The number of aliphatic hydroxyl groups excluding tert-OH is 1. The van der Waals surface area contributed by atoms with Crippen molar-refractivity contribution in [2.24, 2.45) is 0 Å². The molecule has 0 aliphatic rings. The van der Waals surface area contributed by atoms with Crippen molar-refractivity contribution in [1.29, 1.82) is 0 Å². The van der Waals surface area contributed by atoms with Gasteiger partial charge in [0.1, 0.15) is 19.3 Å². The third-order valence-electron chi connectivity index (χ3n) is 17.4. The Morgan fingerprint density at radius 2 is 0.510 bits per heavy atom. The second kappa shape index (κ2) is 71.0. The van der Waals surface area contributed by atoms with E-state index in [0.29, 0.717) is 25.7 Å². The first-order valence-corrected chi connectivity index (χ1v) is 42.6. The normalized spacial score (nSPS) is 14.0. The molecule has 0 saturated heterocycles. The summed E-state index contributed by atoms with van der Waals surface area (Å²) in [6, 6.07) is 0. The van der Waals surface area contributed by atoms with Crippen LogP contribution in [0.2, 0.25) is 0 Å². The van der Waals surface area contributed by atoms with Gasteiger partial charge in [-0.05, 0) is 57.8 Å². The molecular weight excluding hydrogens is 1260 g/mol. The van der Waals surface area contributed by atoms with Crippen molar-refractivity contribution in [3.63, 3.8) is 0 Å². The molecule has 0 bridgehead atoms. The number of carbonyl (C=O) groups is 4. The number of ether oxygens (including phenoxy) is 4. The summed E-state index contributed by atoms with van der Waals surface area (Å²) in [5, 5.41) is 10.6. The van der Waals surface area contributed by atoms with Crippen LogP contribution in [0, 0.1) is 0 Å². The van der Waals surface area contributed by atoms with E-state index in [9.17, 15) is 43.2 Å². The molecule has 0 aromatic carbocycles. The smallest absolute Gasteiger partial charge is 0.462 e. The van der Waals surface area contributed by atoms with E-state index in [4.69, 9.17) is 37.0 Å². The molecule has 0 rings (SSSR count). The molecule has 17 nitrogen and oxygen atoms in total. The monoisotopic (exact) mass is 1410 g/mol. The largest absolute Gasteiger partial charge is 0.472 e. The van der Waals surface area contributed by atoms with E-state index in [2.05, 4.69) is 52.0 Å². The molecule has 566 valence electrons. The van der Waals surface area contributed by atoms with Crippen molar-refractivity contribution in [1.82, 2.24) is 0 Å². The Balaban J connectivity index is 5.29. The van der Waals surface area contributed by atoms with Gasteiger partial charge in [-0.2, -0.15) is 0 Å². The fourth-order valence-electron chi connectivity index (χ4n) is 11.4. The maximum absolute atomic E-state index is 13.1. The molecule has 2 unspecified atom stereocenters. The Hall–Kier alpha value is -2.46. The number of hydrogen-bond donors (Lipinski definition) is 3. The molecular formula is C77H146O17P2. The topological polar surface area (TPSA) is 237 Å². The highest BCUT2D eigenvalue weighted by molar-refractivity contribution is 7.47. The van der Waals surface area contributed by atoms with Gasteiger partial charge in [0, 0.05) is 25.7 Å². The molecule has 0 radical (unpaired) electrons. The summed E-state index contributed by atoms with van der Waals surface area (Å²) >= 11 is 0. The van der Waals surface area contributed by atoms with Crippen LogP contribution in [0.25, 0.3) is 0 Å². The highest BCUT2D eigenvalue weighted by Gasteiger charge is 2.30. The van der Waals surface area contributed by atoms with Crippen molar-refractivity contribution >= 4 is 39.5 Å². The Labute approximate surface area is 586 Å². The lowest BCUT2D eigenvalue weighted by Crippen LogP contribution is -2.30. The van der Waals surface area contributed by atoms with Crippen molar-refractivity contribution < 1.29 is 80.2 Å². The highest BCUT2D eigenvalue weighted by Crippen LogP contribution is 2.45.